The molecule has 0 aliphatic rings. The first-order chi connectivity index (χ1) is 9.90. The number of nitrogens with one attached hydrogen (secondary N) is 3. The van der Waals surface area contributed by atoms with E-state index in [1.54, 1.807) is 12.1 Å². The number of hydrogen-bond acceptors (Lipinski definition) is 4. The summed E-state index contributed by atoms with van der Waals surface area (Å²) in [6.45, 7) is 3.94. The molecule has 1 aromatic carbocycles. The third kappa shape index (κ3) is 3.19. The first-order valence-corrected chi connectivity index (χ1v) is 6.70. The molecule has 2 aromatic rings. The Hall–Kier alpha value is -2.41. The molecule has 7 heteroatoms. The van der Waals surface area contributed by atoms with Crippen LogP contribution in [0.15, 0.2) is 27.8 Å². The molecule has 0 spiro atoms. The number of anilines is 1. The number of amides is 1. The minimum atomic E-state index is -0.665. The molecule has 1 amide bonds. The molecule has 0 unspecified atom stereocenters. The van der Waals surface area contributed by atoms with Gasteiger partial charge in [-0.15, -0.1) is 0 Å². The van der Waals surface area contributed by atoms with Gasteiger partial charge in [0.25, 0.3) is 11.1 Å². The molecule has 0 saturated carbocycles. The van der Waals surface area contributed by atoms with Crippen molar-refractivity contribution in [1.82, 2.24) is 10.2 Å². The predicted molar refractivity (Wildman–Crippen MR) is 81.2 cm³/mol. The van der Waals surface area contributed by atoms with Gasteiger partial charge in [-0.1, -0.05) is 19.9 Å². The Balaban J connectivity index is 2.40. The fraction of sp³-hybridized carbons (Fsp3) is 0.357. The van der Waals surface area contributed by atoms with Gasteiger partial charge in [0.05, 0.1) is 22.5 Å². The summed E-state index contributed by atoms with van der Waals surface area (Å²) in [6.07, 6.45) is 0.535. The van der Waals surface area contributed by atoms with E-state index in [1.807, 2.05) is 13.8 Å². The highest BCUT2D eigenvalue weighted by molar-refractivity contribution is 6.03. The molecule has 0 radical (unpaired) electrons. The van der Waals surface area contributed by atoms with Gasteiger partial charge in [-0.25, -0.2) is 0 Å². The number of aromatic amines is 2. The molecule has 1 aromatic heterocycles. The van der Waals surface area contributed by atoms with E-state index in [-0.39, 0.29) is 28.3 Å². The van der Waals surface area contributed by atoms with E-state index >= 15 is 0 Å². The SMILES string of the molecule is CC(C)C[C@H](N)C(=O)Nc1cccc2c(=O)[nH][nH]c(=O)c12. The molecular formula is C14H18N4O3. The van der Waals surface area contributed by atoms with E-state index in [2.05, 4.69) is 15.5 Å². The number of aromatic nitrogens is 2. The van der Waals surface area contributed by atoms with Gasteiger partial charge in [-0.05, 0) is 24.5 Å². The first-order valence-electron chi connectivity index (χ1n) is 6.70. The van der Waals surface area contributed by atoms with E-state index in [1.165, 1.54) is 6.07 Å². The number of nitrogens with two attached hydrogens (primary N) is 1. The van der Waals surface area contributed by atoms with Gasteiger partial charge in [0.2, 0.25) is 5.91 Å². The Labute approximate surface area is 120 Å². The maximum Gasteiger partial charge on any atom is 0.272 e. The zero-order chi connectivity index (χ0) is 15.6. The Kier molecular flexibility index (Phi) is 4.23. The maximum absolute atomic E-state index is 12.1. The van der Waals surface area contributed by atoms with Crippen molar-refractivity contribution < 1.29 is 4.79 Å². The largest absolute Gasteiger partial charge is 0.324 e. The molecular weight excluding hydrogens is 272 g/mol. The number of hydrogen-bond donors (Lipinski definition) is 4. The smallest absolute Gasteiger partial charge is 0.272 e. The van der Waals surface area contributed by atoms with Crippen LogP contribution in [-0.4, -0.2) is 22.1 Å². The summed E-state index contributed by atoms with van der Waals surface area (Å²) in [5.74, 6) is -0.0969. The molecule has 7 nitrogen and oxygen atoms in total. The van der Waals surface area contributed by atoms with E-state index in [0.29, 0.717) is 6.42 Å². The van der Waals surface area contributed by atoms with Crippen molar-refractivity contribution in [1.29, 1.82) is 0 Å². The Morgan fingerprint density at radius 1 is 1.24 bits per heavy atom. The van der Waals surface area contributed by atoms with Crippen molar-refractivity contribution in [2.24, 2.45) is 11.7 Å². The standard InChI is InChI=1S/C14H18N4O3/c1-7(2)6-9(15)13(20)16-10-5-3-4-8-11(10)14(21)18-17-12(8)19/h3-5,7,9H,6,15H2,1-2H3,(H,16,20)(H,17,19)(H,18,21)/t9-/m0/s1. The fourth-order valence-electron chi connectivity index (χ4n) is 2.17. The molecule has 21 heavy (non-hydrogen) atoms. The Morgan fingerprint density at radius 3 is 2.57 bits per heavy atom. The van der Waals surface area contributed by atoms with Crippen LogP contribution < -0.4 is 22.2 Å². The van der Waals surface area contributed by atoms with Gasteiger partial charge in [-0.2, -0.15) is 0 Å². The molecule has 1 heterocycles. The highest BCUT2D eigenvalue weighted by Crippen LogP contribution is 2.17. The number of benzene rings is 1. The second-order valence-corrected chi connectivity index (χ2v) is 5.36. The van der Waals surface area contributed by atoms with Gasteiger partial charge in [0, 0.05) is 0 Å². The van der Waals surface area contributed by atoms with Gasteiger partial charge < -0.3 is 11.1 Å². The summed E-state index contributed by atoms with van der Waals surface area (Å²) in [7, 11) is 0. The van der Waals surface area contributed by atoms with Crippen LogP contribution in [0.4, 0.5) is 5.69 Å². The van der Waals surface area contributed by atoms with Crippen LogP contribution in [0.25, 0.3) is 10.8 Å². The van der Waals surface area contributed by atoms with Crippen molar-refractivity contribution in [3.63, 3.8) is 0 Å². The zero-order valence-electron chi connectivity index (χ0n) is 11.9. The average Bonchev–Trinajstić information content (AvgIpc) is 2.42. The molecule has 0 aliphatic heterocycles. The van der Waals surface area contributed by atoms with Crippen molar-refractivity contribution in [2.75, 3.05) is 5.32 Å². The minimum absolute atomic E-state index is 0.145. The van der Waals surface area contributed by atoms with E-state index in [9.17, 15) is 14.4 Å². The summed E-state index contributed by atoms with van der Waals surface area (Å²) in [5, 5.41) is 7.47. The van der Waals surface area contributed by atoms with Crippen LogP contribution in [0, 0.1) is 5.92 Å². The lowest BCUT2D eigenvalue weighted by molar-refractivity contribution is -0.117. The van der Waals surface area contributed by atoms with Crippen LogP contribution >= 0.6 is 0 Å². The quantitative estimate of drug-likeness (QED) is 0.656. The Bertz CT molecular complexity index is 776. The van der Waals surface area contributed by atoms with Gasteiger partial charge in [0.15, 0.2) is 0 Å². The highest BCUT2D eigenvalue weighted by atomic mass is 16.2. The number of carbonyl (C=O) groups excluding carboxylic acids is 1. The molecule has 2 rings (SSSR count). The minimum Gasteiger partial charge on any atom is -0.324 e. The first kappa shape index (κ1) is 15.0. The van der Waals surface area contributed by atoms with Crippen LogP contribution in [-0.2, 0) is 4.79 Å². The van der Waals surface area contributed by atoms with Crippen LogP contribution in [0.5, 0.6) is 0 Å². The van der Waals surface area contributed by atoms with Gasteiger partial charge in [-0.3, -0.25) is 24.6 Å². The number of carbonyl (C=O) groups is 1. The lowest BCUT2D eigenvalue weighted by Gasteiger charge is -2.14. The summed E-state index contributed by atoms with van der Waals surface area (Å²) < 4.78 is 0. The molecule has 0 aliphatic carbocycles. The summed E-state index contributed by atoms with van der Waals surface area (Å²) in [4.78, 5) is 35.6. The summed E-state index contributed by atoms with van der Waals surface area (Å²) >= 11 is 0. The third-order valence-electron chi connectivity index (χ3n) is 3.15. The molecule has 0 fully saturated rings. The highest BCUT2D eigenvalue weighted by Gasteiger charge is 2.17. The normalized spacial score (nSPS) is 12.6. The molecule has 1 atom stereocenters. The van der Waals surface area contributed by atoms with E-state index in [0.717, 1.165) is 0 Å². The molecule has 0 bridgehead atoms. The van der Waals surface area contributed by atoms with Crippen molar-refractivity contribution >= 4 is 22.4 Å². The van der Waals surface area contributed by atoms with Gasteiger partial charge in [0.1, 0.15) is 0 Å². The second kappa shape index (κ2) is 5.92. The fourth-order valence-corrected chi connectivity index (χ4v) is 2.17. The van der Waals surface area contributed by atoms with Crippen molar-refractivity contribution in [3.8, 4) is 0 Å². The van der Waals surface area contributed by atoms with Crippen LogP contribution in [0.2, 0.25) is 0 Å². The van der Waals surface area contributed by atoms with Crippen molar-refractivity contribution in [3.05, 3.63) is 38.9 Å². The summed E-state index contributed by atoms with van der Waals surface area (Å²) in [6, 6.07) is 4.02. The second-order valence-electron chi connectivity index (χ2n) is 5.36. The van der Waals surface area contributed by atoms with E-state index < -0.39 is 17.2 Å². The van der Waals surface area contributed by atoms with E-state index in [4.69, 9.17) is 5.73 Å². The van der Waals surface area contributed by atoms with Gasteiger partial charge >= 0.3 is 0 Å². The zero-order valence-corrected chi connectivity index (χ0v) is 11.9. The predicted octanol–water partition coefficient (Wildman–Crippen LogP) is 0.528. The molecule has 112 valence electrons. The number of fused-ring (bicyclic) bond motifs is 1. The molecule has 5 N–H and O–H groups in total. The number of H-pyrrole nitrogens is 2. The number of rotatable bonds is 4. The third-order valence-corrected chi connectivity index (χ3v) is 3.15. The Morgan fingerprint density at radius 2 is 1.90 bits per heavy atom. The average molecular weight is 290 g/mol. The lowest BCUT2D eigenvalue weighted by Crippen LogP contribution is -2.37. The lowest BCUT2D eigenvalue weighted by atomic mass is 10.0. The summed E-state index contributed by atoms with van der Waals surface area (Å²) in [5.41, 5.74) is 5.20. The molecule has 0 saturated heterocycles. The monoisotopic (exact) mass is 290 g/mol. The maximum atomic E-state index is 12.1. The van der Waals surface area contributed by atoms with Crippen LogP contribution in [0.1, 0.15) is 20.3 Å². The topological polar surface area (TPSA) is 121 Å². The van der Waals surface area contributed by atoms with Crippen molar-refractivity contribution in [2.45, 2.75) is 26.3 Å². The van der Waals surface area contributed by atoms with Crippen LogP contribution in [0.3, 0.4) is 0 Å².